The molecule has 0 radical (unpaired) electrons. The van der Waals surface area contributed by atoms with E-state index >= 15 is 0 Å². The molecule has 1 spiro atoms. The fourth-order valence-electron chi connectivity index (χ4n) is 7.16. The highest BCUT2D eigenvalue weighted by Crippen LogP contribution is 2.62. The van der Waals surface area contributed by atoms with Crippen molar-refractivity contribution in [3.63, 3.8) is 0 Å². The van der Waals surface area contributed by atoms with Crippen LogP contribution in [0.15, 0.2) is 103 Å². The number of Topliss-reactive ketones (excluding diaryl/α,β-unsaturated/α-hetero) is 2. The second-order valence-corrected chi connectivity index (χ2v) is 11.5. The Balaban J connectivity index is 1.53. The summed E-state index contributed by atoms with van der Waals surface area (Å²) < 4.78 is 6.01. The van der Waals surface area contributed by atoms with Crippen LogP contribution in [0.25, 0.3) is 6.08 Å². The smallest absolute Gasteiger partial charge is 0.238 e. The van der Waals surface area contributed by atoms with E-state index in [1.807, 2.05) is 78.7 Å². The number of benzene rings is 4. The topological polar surface area (TPSA) is 75.7 Å². The first-order chi connectivity index (χ1) is 21.0. The van der Waals surface area contributed by atoms with Crippen molar-refractivity contribution in [2.24, 2.45) is 5.92 Å². The van der Waals surface area contributed by atoms with Gasteiger partial charge in [-0.3, -0.25) is 14.4 Å². The number of hydrogen-bond donors (Lipinski definition) is 1. The third-order valence-electron chi connectivity index (χ3n) is 8.88. The van der Waals surface area contributed by atoms with Crippen LogP contribution in [-0.2, 0) is 10.2 Å². The van der Waals surface area contributed by atoms with Gasteiger partial charge in [-0.25, -0.2) is 0 Å². The molecule has 0 unspecified atom stereocenters. The van der Waals surface area contributed by atoms with Crippen LogP contribution in [0.1, 0.15) is 56.8 Å². The summed E-state index contributed by atoms with van der Waals surface area (Å²) in [6, 6.07) is 27.6. The second-order valence-electron chi connectivity index (χ2n) is 11.1. The van der Waals surface area contributed by atoms with Gasteiger partial charge in [-0.1, -0.05) is 85.3 Å². The molecular formula is C36H29ClN2O4. The Morgan fingerprint density at radius 2 is 1.58 bits per heavy atom. The lowest BCUT2D eigenvalue weighted by atomic mass is 9.62. The Kier molecular flexibility index (Phi) is 6.66. The Morgan fingerprint density at radius 1 is 0.884 bits per heavy atom. The third kappa shape index (κ3) is 3.97. The van der Waals surface area contributed by atoms with Gasteiger partial charge in [-0.2, -0.15) is 0 Å². The van der Waals surface area contributed by atoms with Crippen molar-refractivity contribution < 1.29 is 19.1 Å². The fraction of sp³-hybridized carbons (Fsp3) is 0.194. The van der Waals surface area contributed by atoms with E-state index in [-0.39, 0.29) is 28.1 Å². The van der Waals surface area contributed by atoms with E-state index in [9.17, 15) is 14.4 Å². The number of nitrogens with one attached hydrogen (secondary N) is 1. The lowest BCUT2D eigenvalue weighted by Gasteiger charge is -2.38. The average Bonchev–Trinajstić information content (AvgIpc) is 3.52. The molecule has 6 nitrogen and oxygen atoms in total. The summed E-state index contributed by atoms with van der Waals surface area (Å²) in [6.07, 6.45) is 4.58. The molecule has 0 aromatic heterocycles. The number of rotatable bonds is 7. The zero-order valence-electron chi connectivity index (χ0n) is 23.5. The summed E-state index contributed by atoms with van der Waals surface area (Å²) in [5.41, 5.74) is 2.35. The van der Waals surface area contributed by atoms with Crippen molar-refractivity contribution in [2.45, 2.75) is 30.8 Å². The molecule has 0 bridgehead atoms. The number of fused-ring (bicyclic) bond motifs is 6. The minimum Gasteiger partial charge on any atom is -0.493 e. The van der Waals surface area contributed by atoms with Gasteiger partial charge in [-0.15, -0.1) is 0 Å². The minimum atomic E-state index is -1.42. The number of carbonyl (C=O) groups excluding carboxylic acids is 3. The quantitative estimate of drug-likeness (QED) is 0.233. The van der Waals surface area contributed by atoms with Crippen molar-refractivity contribution in [2.75, 3.05) is 11.9 Å². The number of nitrogens with zero attached hydrogens (tertiary/aromatic N) is 1. The molecular weight excluding hydrogens is 560 g/mol. The predicted molar refractivity (Wildman–Crippen MR) is 166 cm³/mol. The maximum Gasteiger partial charge on any atom is 0.238 e. The Labute approximate surface area is 254 Å². The molecule has 4 aromatic rings. The Hall–Kier alpha value is -4.68. The highest BCUT2D eigenvalue weighted by molar-refractivity contribution is 6.34. The van der Waals surface area contributed by atoms with Gasteiger partial charge in [0, 0.05) is 17.5 Å². The molecule has 7 heteroatoms. The van der Waals surface area contributed by atoms with Crippen molar-refractivity contribution in [1.82, 2.24) is 4.90 Å². The SMILES string of the molecule is CCCOc1ccccc1C(=O)[C@@H]1[C@H](C(=O)c2ccccc2Cl)[C@@]2(C(=O)Nc3ccccc32)[C@H]2c3ccccc3C=CN12. The number of para-hydroxylation sites is 2. The minimum absolute atomic E-state index is 0.271. The lowest BCUT2D eigenvalue weighted by Crippen LogP contribution is -2.49. The standard InChI is InChI=1S/C36H29ClN2O4/c1-2-21-43-29-18-10-6-14-25(29)33(41)31-30(32(40)24-13-5-8-16-27(24)37)36(26-15-7-9-17-28(26)38-35(36)42)34-23-12-4-3-11-22(23)19-20-39(31)34/h3-20,30-31,34H,2,21H2,1H3,(H,38,42)/t30-,31+,34-,36-/m1/s1. The summed E-state index contributed by atoms with van der Waals surface area (Å²) in [6.45, 7) is 2.44. The summed E-state index contributed by atoms with van der Waals surface area (Å²) in [5, 5.41) is 3.34. The van der Waals surface area contributed by atoms with E-state index in [2.05, 4.69) is 5.32 Å². The van der Waals surface area contributed by atoms with Gasteiger partial charge in [-0.05, 0) is 59.5 Å². The molecule has 3 heterocycles. The van der Waals surface area contributed by atoms with E-state index in [4.69, 9.17) is 16.3 Å². The van der Waals surface area contributed by atoms with Gasteiger partial charge in [0.2, 0.25) is 5.91 Å². The summed E-state index contributed by atoms with van der Waals surface area (Å²) in [5.74, 6) is -1.62. The molecule has 7 rings (SSSR count). The molecule has 1 N–H and O–H groups in total. The number of ether oxygens (including phenoxy) is 1. The number of amides is 1. The van der Waals surface area contributed by atoms with Gasteiger partial charge in [0.05, 0.1) is 29.2 Å². The van der Waals surface area contributed by atoms with Crippen molar-refractivity contribution in [1.29, 1.82) is 0 Å². The normalized spacial score (nSPS) is 23.0. The molecule has 1 amide bonds. The highest BCUT2D eigenvalue weighted by atomic mass is 35.5. The van der Waals surface area contributed by atoms with E-state index < -0.39 is 23.4 Å². The van der Waals surface area contributed by atoms with E-state index in [1.54, 1.807) is 42.5 Å². The van der Waals surface area contributed by atoms with Crippen molar-refractivity contribution >= 4 is 40.8 Å². The van der Waals surface area contributed by atoms with Crippen molar-refractivity contribution in [3.05, 3.63) is 136 Å². The predicted octanol–water partition coefficient (Wildman–Crippen LogP) is 7.11. The molecule has 0 saturated carbocycles. The largest absolute Gasteiger partial charge is 0.493 e. The number of carbonyl (C=O) groups is 3. The Bertz CT molecular complexity index is 1820. The zero-order chi connectivity index (χ0) is 29.7. The molecule has 214 valence electrons. The van der Waals surface area contributed by atoms with Gasteiger partial charge < -0.3 is 15.0 Å². The summed E-state index contributed by atoms with van der Waals surface area (Å²) in [4.78, 5) is 46.4. The van der Waals surface area contributed by atoms with Crippen LogP contribution in [0.4, 0.5) is 5.69 Å². The monoisotopic (exact) mass is 588 g/mol. The second kappa shape index (κ2) is 10.5. The number of anilines is 1. The van der Waals surface area contributed by atoms with Gasteiger partial charge in [0.15, 0.2) is 11.6 Å². The first-order valence-electron chi connectivity index (χ1n) is 14.5. The van der Waals surface area contributed by atoms with Crippen LogP contribution in [0.5, 0.6) is 5.75 Å². The van der Waals surface area contributed by atoms with E-state index in [0.717, 1.165) is 17.5 Å². The summed E-state index contributed by atoms with van der Waals surface area (Å²) in [7, 11) is 0. The molecule has 4 atom stereocenters. The van der Waals surface area contributed by atoms with Gasteiger partial charge in [0.25, 0.3) is 0 Å². The maximum atomic E-state index is 14.9. The molecule has 0 aliphatic carbocycles. The maximum absolute atomic E-state index is 14.9. The van der Waals surface area contributed by atoms with Crippen LogP contribution >= 0.6 is 11.6 Å². The highest BCUT2D eigenvalue weighted by Gasteiger charge is 2.71. The molecule has 3 aliphatic heterocycles. The lowest BCUT2D eigenvalue weighted by molar-refractivity contribution is -0.122. The van der Waals surface area contributed by atoms with E-state index in [1.165, 1.54) is 0 Å². The number of ketones is 2. The van der Waals surface area contributed by atoms with Crippen LogP contribution < -0.4 is 10.1 Å². The molecule has 1 fully saturated rings. The molecule has 43 heavy (non-hydrogen) atoms. The first kappa shape index (κ1) is 27.2. The van der Waals surface area contributed by atoms with E-state index in [0.29, 0.717) is 29.2 Å². The fourth-order valence-corrected chi connectivity index (χ4v) is 7.39. The number of halogens is 1. The third-order valence-corrected chi connectivity index (χ3v) is 9.20. The average molecular weight is 589 g/mol. The van der Waals surface area contributed by atoms with Gasteiger partial charge in [0.1, 0.15) is 17.2 Å². The van der Waals surface area contributed by atoms with Crippen LogP contribution in [0, 0.1) is 5.92 Å². The molecule has 3 aliphatic rings. The summed E-state index contributed by atoms with van der Waals surface area (Å²) >= 11 is 6.64. The zero-order valence-corrected chi connectivity index (χ0v) is 24.3. The first-order valence-corrected chi connectivity index (χ1v) is 14.9. The number of hydrogen-bond acceptors (Lipinski definition) is 5. The van der Waals surface area contributed by atoms with Crippen LogP contribution in [-0.4, -0.2) is 35.0 Å². The molecule has 1 saturated heterocycles. The van der Waals surface area contributed by atoms with Crippen LogP contribution in [0.2, 0.25) is 5.02 Å². The van der Waals surface area contributed by atoms with Gasteiger partial charge >= 0.3 is 0 Å². The van der Waals surface area contributed by atoms with Crippen LogP contribution in [0.3, 0.4) is 0 Å². The Morgan fingerprint density at radius 3 is 2.40 bits per heavy atom. The molecule has 4 aromatic carbocycles. The van der Waals surface area contributed by atoms with Crippen molar-refractivity contribution in [3.8, 4) is 5.75 Å².